The molecule has 1 saturated heterocycles. The van der Waals surface area contributed by atoms with Crippen LogP contribution in [0.25, 0.3) is 0 Å². The van der Waals surface area contributed by atoms with Crippen molar-refractivity contribution in [1.82, 2.24) is 5.32 Å². The van der Waals surface area contributed by atoms with E-state index < -0.39 is 17.4 Å². The van der Waals surface area contributed by atoms with Gasteiger partial charge in [0.25, 0.3) is 5.91 Å². The third-order valence-corrected chi connectivity index (χ3v) is 4.69. The third-order valence-electron chi connectivity index (χ3n) is 4.40. The van der Waals surface area contributed by atoms with Crippen molar-refractivity contribution in [2.45, 2.75) is 38.6 Å². The second-order valence-corrected chi connectivity index (χ2v) is 7.54. The van der Waals surface area contributed by atoms with Crippen molar-refractivity contribution < 1.29 is 28.9 Å². The molecule has 1 aliphatic heterocycles. The van der Waals surface area contributed by atoms with Crippen LogP contribution in [-0.2, 0) is 9.53 Å². The smallest absolute Gasteiger partial charge is 0.305 e. The first-order valence-corrected chi connectivity index (χ1v) is 9.26. The summed E-state index contributed by atoms with van der Waals surface area (Å²) in [4.78, 5) is 23.9. The van der Waals surface area contributed by atoms with E-state index in [0.717, 1.165) is 6.42 Å². The van der Waals surface area contributed by atoms with Crippen molar-refractivity contribution in [2.24, 2.45) is 5.92 Å². The standard InChI is InChI=1S/C19H26ClNO6/c1-12(2)4-6-27-17-14(20)8-13(9-15(17)25-3)18(24)21-19(10-16(22)23)5-7-26-11-19/h8-9,12H,4-7,10-11H2,1-3H3,(H,21,24)(H,22,23). The fourth-order valence-electron chi connectivity index (χ4n) is 2.88. The molecular formula is C19H26ClNO6. The average molecular weight is 400 g/mol. The van der Waals surface area contributed by atoms with Crippen LogP contribution in [0.4, 0.5) is 0 Å². The number of methoxy groups -OCH3 is 1. The van der Waals surface area contributed by atoms with Crippen LogP contribution >= 0.6 is 11.6 Å². The first-order valence-electron chi connectivity index (χ1n) is 8.89. The van der Waals surface area contributed by atoms with E-state index in [1.165, 1.54) is 19.2 Å². The zero-order valence-electron chi connectivity index (χ0n) is 15.8. The Morgan fingerprint density at radius 3 is 2.70 bits per heavy atom. The van der Waals surface area contributed by atoms with Gasteiger partial charge in [-0.05, 0) is 30.9 Å². The van der Waals surface area contributed by atoms with Crippen molar-refractivity contribution in [3.63, 3.8) is 0 Å². The Kier molecular flexibility index (Phi) is 7.33. The van der Waals surface area contributed by atoms with Gasteiger partial charge in [-0.25, -0.2) is 0 Å². The molecule has 1 atom stereocenters. The van der Waals surface area contributed by atoms with E-state index in [2.05, 4.69) is 19.2 Å². The summed E-state index contributed by atoms with van der Waals surface area (Å²) in [5.41, 5.74) is -0.653. The molecule has 0 radical (unpaired) electrons. The van der Waals surface area contributed by atoms with E-state index in [0.29, 0.717) is 37.1 Å². The maximum absolute atomic E-state index is 12.7. The van der Waals surface area contributed by atoms with Gasteiger partial charge in [0.15, 0.2) is 11.5 Å². The number of carbonyl (C=O) groups is 2. The van der Waals surface area contributed by atoms with Crippen molar-refractivity contribution in [3.8, 4) is 11.5 Å². The summed E-state index contributed by atoms with van der Waals surface area (Å²) >= 11 is 6.30. The zero-order chi connectivity index (χ0) is 20.0. The molecule has 150 valence electrons. The predicted molar refractivity (Wildman–Crippen MR) is 101 cm³/mol. The zero-order valence-corrected chi connectivity index (χ0v) is 16.6. The molecule has 27 heavy (non-hydrogen) atoms. The Bertz CT molecular complexity index is 685. The van der Waals surface area contributed by atoms with Crippen molar-refractivity contribution in [2.75, 3.05) is 26.9 Å². The van der Waals surface area contributed by atoms with Crippen LogP contribution in [0.2, 0.25) is 5.02 Å². The van der Waals surface area contributed by atoms with Crippen molar-refractivity contribution >= 4 is 23.5 Å². The largest absolute Gasteiger partial charge is 0.493 e. The number of halogens is 1. The number of carboxylic acids is 1. The molecule has 1 aliphatic rings. The van der Waals surface area contributed by atoms with Crippen LogP contribution in [-0.4, -0.2) is 49.5 Å². The minimum atomic E-state index is -0.995. The Hall–Kier alpha value is -1.99. The summed E-state index contributed by atoms with van der Waals surface area (Å²) in [7, 11) is 1.47. The second kappa shape index (κ2) is 9.28. The molecule has 1 unspecified atom stereocenters. The molecule has 2 N–H and O–H groups in total. The molecule has 1 heterocycles. The summed E-state index contributed by atoms with van der Waals surface area (Å²) in [5, 5.41) is 12.2. The molecule has 0 saturated carbocycles. The first kappa shape index (κ1) is 21.3. The number of carbonyl (C=O) groups excluding carboxylic acids is 1. The lowest BCUT2D eigenvalue weighted by Crippen LogP contribution is -2.50. The van der Waals surface area contributed by atoms with Crippen LogP contribution in [0, 0.1) is 5.92 Å². The summed E-state index contributed by atoms with van der Waals surface area (Å²) in [5.74, 6) is -0.202. The molecule has 1 aromatic carbocycles. The number of ether oxygens (including phenoxy) is 3. The molecule has 8 heteroatoms. The highest BCUT2D eigenvalue weighted by Crippen LogP contribution is 2.37. The van der Waals surface area contributed by atoms with E-state index in [4.69, 9.17) is 30.9 Å². The quantitative estimate of drug-likeness (QED) is 0.662. The Balaban J connectivity index is 2.18. The SMILES string of the molecule is COc1cc(C(=O)NC2(CC(=O)O)CCOC2)cc(Cl)c1OCCC(C)C. The fourth-order valence-corrected chi connectivity index (χ4v) is 3.14. The number of carboxylic acid groups (broad SMARTS) is 1. The average Bonchev–Trinajstić information content (AvgIpc) is 3.02. The summed E-state index contributed by atoms with van der Waals surface area (Å²) in [6.07, 6.45) is 1.09. The van der Waals surface area contributed by atoms with Gasteiger partial charge in [0.05, 0.1) is 37.3 Å². The van der Waals surface area contributed by atoms with E-state index >= 15 is 0 Å². The van der Waals surface area contributed by atoms with Crippen molar-refractivity contribution in [3.05, 3.63) is 22.7 Å². The van der Waals surface area contributed by atoms with Gasteiger partial charge in [-0.3, -0.25) is 9.59 Å². The van der Waals surface area contributed by atoms with Crippen LogP contribution in [0.1, 0.15) is 43.5 Å². The highest BCUT2D eigenvalue weighted by molar-refractivity contribution is 6.32. The maximum atomic E-state index is 12.7. The molecule has 1 aromatic rings. The number of aliphatic carboxylic acids is 1. The number of benzene rings is 1. The van der Waals surface area contributed by atoms with E-state index in [9.17, 15) is 9.59 Å². The number of rotatable bonds is 9. The van der Waals surface area contributed by atoms with Crippen molar-refractivity contribution in [1.29, 1.82) is 0 Å². The van der Waals surface area contributed by atoms with E-state index in [1.807, 2.05) is 0 Å². The third kappa shape index (κ3) is 5.74. The van der Waals surface area contributed by atoms with Gasteiger partial charge >= 0.3 is 5.97 Å². The van der Waals surface area contributed by atoms with Gasteiger partial charge in [0.1, 0.15) is 0 Å². The normalized spacial score (nSPS) is 19.1. The predicted octanol–water partition coefficient (Wildman–Crippen LogP) is 3.14. The highest BCUT2D eigenvalue weighted by Gasteiger charge is 2.39. The van der Waals surface area contributed by atoms with Crippen LogP contribution < -0.4 is 14.8 Å². The van der Waals surface area contributed by atoms with Crippen LogP contribution in [0.3, 0.4) is 0 Å². The molecule has 1 amide bonds. The molecular weight excluding hydrogens is 374 g/mol. The Labute approximate surface area is 163 Å². The highest BCUT2D eigenvalue weighted by atomic mass is 35.5. The molecule has 1 fully saturated rings. The molecule has 7 nitrogen and oxygen atoms in total. The maximum Gasteiger partial charge on any atom is 0.305 e. The number of hydrogen-bond acceptors (Lipinski definition) is 5. The lowest BCUT2D eigenvalue weighted by atomic mass is 9.93. The first-order chi connectivity index (χ1) is 12.8. The minimum absolute atomic E-state index is 0.159. The fraction of sp³-hybridized carbons (Fsp3) is 0.579. The molecule has 0 bridgehead atoms. The van der Waals surface area contributed by atoms with Gasteiger partial charge in [-0.2, -0.15) is 0 Å². The minimum Gasteiger partial charge on any atom is -0.493 e. The summed E-state index contributed by atoms with van der Waals surface area (Å²) in [6, 6.07) is 3.03. The van der Waals surface area contributed by atoms with Gasteiger partial charge in [0, 0.05) is 12.2 Å². The van der Waals surface area contributed by atoms with E-state index in [-0.39, 0.29) is 23.6 Å². The summed E-state index contributed by atoms with van der Waals surface area (Å²) < 4.78 is 16.4. The lowest BCUT2D eigenvalue weighted by molar-refractivity contribution is -0.138. The molecule has 2 rings (SSSR count). The van der Waals surface area contributed by atoms with Gasteiger partial charge in [-0.15, -0.1) is 0 Å². The topological polar surface area (TPSA) is 94.1 Å². The second-order valence-electron chi connectivity index (χ2n) is 7.13. The Morgan fingerprint density at radius 1 is 1.41 bits per heavy atom. The van der Waals surface area contributed by atoms with Crippen LogP contribution in [0.15, 0.2) is 12.1 Å². The van der Waals surface area contributed by atoms with Gasteiger partial charge < -0.3 is 24.6 Å². The molecule has 0 aliphatic carbocycles. The Morgan fingerprint density at radius 2 is 2.15 bits per heavy atom. The van der Waals surface area contributed by atoms with E-state index in [1.54, 1.807) is 0 Å². The number of nitrogens with one attached hydrogen (secondary N) is 1. The lowest BCUT2D eigenvalue weighted by Gasteiger charge is -2.27. The molecule has 0 aromatic heterocycles. The summed E-state index contributed by atoms with van der Waals surface area (Å²) in [6.45, 7) is 5.23. The number of amides is 1. The monoisotopic (exact) mass is 399 g/mol. The van der Waals surface area contributed by atoms with Crippen LogP contribution in [0.5, 0.6) is 11.5 Å². The van der Waals surface area contributed by atoms with Gasteiger partial charge in [0.2, 0.25) is 0 Å². The molecule has 0 spiro atoms. The van der Waals surface area contributed by atoms with Gasteiger partial charge in [-0.1, -0.05) is 25.4 Å². The number of hydrogen-bond donors (Lipinski definition) is 2.